The Balaban J connectivity index is 2.44. The zero-order valence-corrected chi connectivity index (χ0v) is 11.2. The summed E-state index contributed by atoms with van der Waals surface area (Å²) in [7, 11) is 3.01. The van der Waals surface area contributed by atoms with E-state index in [1.807, 2.05) is 13.0 Å². The molecule has 1 aliphatic rings. The van der Waals surface area contributed by atoms with Crippen molar-refractivity contribution in [2.24, 2.45) is 0 Å². The van der Waals surface area contributed by atoms with Gasteiger partial charge in [-0.15, -0.1) is 0 Å². The summed E-state index contributed by atoms with van der Waals surface area (Å²) in [6.07, 6.45) is 1.93. The van der Waals surface area contributed by atoms with Crippen molar-refractivity contribution < 1.29 is 13.9 Å². The number of hydrogen-bond donors (Lipinski definition) is 1. The van der Waals surface area contributed by atoms with Gasteiger partial charge < -0.3 is 14.8 Å². The van der Waals surface area contributed by atoms with Crippen molar-refractivity contribution in [3.8, 4) is 11.5 Å². The maximum absolute atomic E-state index is 14.5. The van der Waals surface area contributed by atoms with Gasteiger partial charge in [-0.2, -0.15) is 0 Å². The van der Waals surface area contributed by atoms with Crippen LogP contribution in [0.5, 0.6) is 11.5 Å². The van der Waals surface area contributed by atoms with Crippen LogP contribution in [-0.2, 0) is 0 Å². The Labute approximate surface area is 107 Å². The van der Waals surface area contributed by atoms with Gasteiger partial charge in [0.05, 0.1) is 14.2 Å². The van der Waals surface area contributed by atoms with Gasteiger partial charge in [0.1, 0.15) is 0 Å². The second-order valence-electron chi connectivity index (χ2n) is 4.69. The molecule has 1 aromatic carbocycles. The summed E-state index contributed by atoms with van der Waals surface area (Å²) in [6.45, 7) is 3.81. The predicted molar refractivity (Wildman–Crippen MR) is 69.1 cm³/mol. The first-order valence-electron chi connectivity index (χ1n) is 6.30. The van der Waals surface area contributed by atoms with Crippen molar-refractivity contribution in [3.63, 3.8) is 0 Å². The standard InChI is InChI=1S/C14H20FNO2/c1-9-8-11(10-4-6-16-7-5-10)12(15)14(18-3)13(9)17-2/h8,10,16H,4-7H2,1-3H3. The summed E-state index contributed by atoms with van der Waals surface area (Å²) >= 11 is 0. The monoisotopic (exact) mass is 253 g/mol. The van der Waals surface area contributed by atoms with Crippen molar-refractivity contribution >= 4 is 0 Å². The van der Waals surface area contributed by atoms with Crippen molar-refractivity contribution in [1.82, 2.24) is 5.32 Å². The lowest BCUT2D eigenvalue weighted by Crippen LogP contribution is -2.27. The molecule has 1 fully saturated rings. The summed E-state index contributed by atoms with van der Waals surface area (Å²) in [5.41, 5.74) is 1.68. The van der Waals surface area contributed by atoms with E-state index in [-0.39, 0.29) is 17.5 Å². The fraction of sp³-hybridized carbons (Fsp3) is 0.571. The summed E-state index contributed by atoms with van der Waals surface area (Å²) in [5.74, 6) is 0.718. The quantitative estimate of drug-likeness (QED) is 0.898. The SMILES string of the molecule is COc1c(C)cc(C2CCNCC2)c(F)c1OC. The van der Waals surface area contributed by atoms with Crippen LogP contribution in [0.3, 0.4) is 0 Å². The molecular weight excluding hydrogens is 233 g/mol. The lowest BCUT2D eigenvalue weighted by molar-refractivity contribution is 0.330. The van der Waals surface area contributed by atoms with Crippen molar-refractivity contribution in [1.29, 1.82) is 0 Å². The highest BCUT2D eigenvalue weighted by Gasteiger charge is 2.24. The topological polar surface area (TPSA) is 30.5 Å². The first kappa shape index (κ1) is 13.1. The van der Waals surface area contributed by atoms with Gasteiger partial charge in [-0.05, 0) is 56.0 Å². The summed E-state index contributed by atoms with van der Waals surface area (Å²) in [6, 6.07) is 1.90. The van der Waals surface area contributed by atoms with Gasteiger partial charge in [0, 0.05) is 0 Å². The molecule has 1 aliphatic heterocycles. The summed E-state index contributed by atoms with van der Waals surface area (Å²) in [4.78, 5) is 0. The van der Waals surface area contributed by atoms with Crippen LogP contribution in [0.1, 0.15) is 29.9 Å². The smallest absolute Gasteiger partial charge is 0.197 e. The molecule has 2 rings (SSSR count). The molecule has 100 valence electrons. The number of aryl methyl sites for hydroxylation is 1. The van der Waals surface area contributed by atoms with Crippen LogP contribution in [0.2, 0.25) is 0 Å². The van der Waals surface area contributed by atoms with Gasteiger partial charge in [0.2, 0.25) is 0 Å². The highest BCUT2D eigenvalue weighted by atomic mass is 19.1. The van der Waals surface area contributed by atoms with Gasteiger partial charge in [-0.3, -0.25) is 0 Å². The molecule has 18 heavy (non-hydrogen) atoms. The van der Waals surface area contributed by atoms with Crippen LogP contribution in [0.4, 0.5) is 4.39 Å². The van der Waals surface area contributed by atoms with Gasteiger partial charge in [0.25, 0.3) is 0 Å². The third kappa shape index (κ3) is 2.29. The predicted octanol–water partition coefficient (Wildman–Crippen LogP) is 2.62. The molecule has 0 aliphatic carbocycles. The molecule has 0 saturated carbocycles. The fourth-order valence-electron chi connectivity index (χ4n) is 2.64. The number of piperidine rings is 1. The average molecular weight is 253 g/mol. The molecule has 0 bridgehead atoms. The maximum atomic E-state index is 14.5. The van der Waals surface area contributed by atoms with Gasteiger partial charge >= 0.3 is 0 Å². The lowest BCUT2D eigenvalue weighted by atomic mass is 9.88. The Kier molecular flexibility index (Phi) is 4.07. The van der Waals surface area contributed by atoms with E-state index in [4.69, 9.17) is 9.47 Å². The zero-order chi connectivity index (χ0) is 13.1. The molecule has 0 radical (unpaired) electrons. The molecule has 1 saturated heterocycles. The Morgan fingerprint density at radius 2 is 1.78 bits per heavy atom. The Hall–Kier alpha value is -1.29. The van der Waals surface area contributed by atoms with Crippen LogP contribution >= 0.6 is 0 Å². The average Bonchev–Trinajstić information content (AvgIpc) is 2.41. The van der Waals surface area contributed by atoms with E-state index in [2.05, 4.69) is 5.32 Å². The van der Waals surface area contributed by atoms with Crippen LogP contribution in [-0.4, -0.2) is 27.3 Å². The van der Waals surface area contributed by atoms with Gasteiger partial charge in [-0.1, -0.05) is 0 Å². The zero-order valence-electron chi connectivity index (χ0n) is 11.2. The number of methoxy groups -OCH3 is 2. The molecule has 1 heterocycles. The van der Waals surface area contributed by atoms with Crippen LogP contribution < -0.4 is 14.8 Å². The first-order valence-corrected chi connectivity index (χ1v) is 6.30. The minimum absolute atomic E-state index is 0.228. The maximum Gasteiger partial charge on any atom is 0.197 e. The molecule has 1 N–H and O–H groups in total. The molecule has 0 aromatic heterocycles. The number of benzene rings is 1. The lowest BCUT2D eigenvalue weighted by Gasteiger charge is -2.25. The normalized spacial score (nSPS) is 16.7. The van der Waals surface area contributed by atoms with Crippen LogP contribution in [0.15, 0.2) is 6.07 Å². The van der Waals surface area contributed by atoms with E-state index in [9.17, 15) is 4.39 Å². The minimum Gasteiger partial charge on any atom is -0.492 e. The Morgan fingerprint density at radius 1 is 1.17 bits per heavy atom. The fourth-order valence-corrected chi connectivity index (χ4v) is 2.64. The third-order valence-corrected chi connectivity index (χ3v) is 3.58. The first-order chi connectivity index (χ1) is 8.69. The molecule has 0 unspecified atom stereocenters. The Bertz CT molecular complexity index is 428. The van der Waals surface area contributed by atoms with E-state index in [0.29, 0.717) is 5.75 Å². The third-order valence-electron chi connectivity index (χ3n) is 3.58. The van der Waals surface area contributed by atoms with E-state index >= 15 is 0 Å². The summed E-state index contributed by atoms with van der Waals surface area (Å²) < 4.78 is 24.8. The minimum atomic E-state index is -0.271. The number of rotatable bonds is 3. The number of halogens is 1. The Morgan fingerprint density at radius 3 is 2.33 bits per heavy atom. The van der Waals surface area contributed by atoms with Crippen molar-refractivity contribution in [2.75, 3.05) is 27.3 Å². The number of nitrogens with one attached hydrogen (secondary N) is 1. The molecule has 1 aromatic rings. The largest absolute Gasteiger partial charge is 0.492 e. The van der Waals surface area contributed by atoms with Crippen molar-refractivity contribution in [3.05, 3.63) is 23.0 Å². The van der Waals surface area contributed by atoms with E-state index in [1.54, 1.807) is 0 Å². The molecule has 0 spiro atoms. The van der Waals surface area contributed by atoms with E-state index in [0.717, 1.165) is 37.1 Å². The molecular formula is C14H20FNO2. The van der Waals surface area contributed by atoms with E-state index in [1.165, 1.54) is 14.2 Å². The van der Waals surface area contributed by atoms with Crippen molar-refractivity contribution in [2.45, 2.75) is 25.7 Å². The molecule has 4 heteroatoms. The molecule has 0 amide bonds. The molecule has 3 nitrogen and oxygen atoms in total. The second-order valence-corrected chi connectivity index (χ2v) is 4.69. The highest BCUT2D eigenvalue weighted by molar-refractivity contribution is 5.51. The second kappa shape index (κ2) is 5.57. The van der Waals surface area contributed by atoms with Crippen LogP contribution in [0, 0.1) is 12.7 Å². The number of hydrogen-bond acceptors (Lipinski definition) is 3. The number of ether oxygens (including phenoxy) is 2. The van der Waals surface area contributed by atoms with E-state index < -0.39 is 0 Å². The van der Waals surface area contributed by atoms with Crippen LogP contribution in [0.25, 0.3) is 0 Å². The summed E-state index contributed by atoms with van der Waals surface area (Å²) in [5, 5.41) is 3.29. The highest BCUT2D eigenvalue weighted by Crippen LogP contribution is 2.39. The van der Waals surface area contributed by atoms with Gasteiger partial charge in [-0.25, -0.2) is 4.39 Å². The van der Waals surface area contributed by atoms with Gasteiger partial charge in [0.15, 0.2) is 17.3 Å². The molecule has 0 atom stereocenters.